The molecule has 0 amide bonds. The lowest BCUT2D eigenvalue weighted by atomic mass is 10.1. The van der Waals surface area contributed by atoms with Crippen LogP contribution in [0.4, 0.5) is 0 Å². The van der Waals surface area contributed by atoms with Crippen LogP contribution in [0.15, 0.2) is 80.6 Å². The number of fused-ring (bicyclic) bond motifs is 1. The largest absolute Gasteiger partial charge is 0.508 e. The van der Waals surface area contributed by atoms with Crippen molar-refractivity contribution in [1.82, 2.24) is 4.90 Å². The van der Waals surface area contributed by atoms with Crippen molar-refractivity contribution in [2.45, 2.75) is 26.6 Å². The second-order valence-corrected chi connectivity index (χ2v) is 6.89. The highest BCUT2D eigenvalue weighted by molar-refractivity contribution is 5.84. The summed E-state index contributed by atoms with van der Waals surface area (Å²) in [6.07, 6.45) is 1.66. The predicted octanol–water partition coefficient (Wildman–Crippen LogP) is 4.60. The van der Waals surface area contributed by atoms with Crippen molar-refractivity contribution in [2.24, 2.45) is 0 Å². The van der Waals surface area contributed by atoms with E-state index in [1.165, 1.54) is 11.6 Å². The molecule has 0 unspecified atom stereocenters. The molecule has 28 heavy (non-hydrogen) atoms. The first-order valence-electron chi connectivity index (χ1n) is 9.14. The Bertz CT molecular complexity index is 1130. The van der Waals surface area contributed by atoms with Crippen LogP contribution in [-0.4, -0.2) is 10.0 Å². The minimum Gasteiger partial charge on any atom is -0.508 e. The second-order valence-electron chi connectivity index (χ2n) is 6.89. The molecule has 0 radical (unpaired) electrons. The van der Waals surface area contributed by atoms with E-state index in [-0.39, 0.29) is 5.75 Å². The summed E-state index contributed by atoms with van der Waals surface area (Å²) >= 11 is 0. The van der Waals surface area contributed by atoms with Crippen LogP contribution in [0.2, 0.25) is 0 Å². The van der Waals surface area contributed by atoms with Crippen LogP contribution in [0, 0.1) is 6.92 Å². The zero-order valence-electron chi connectivity index (χ0n) is 15.6. The van der Waals surface area contributed by atoms with Gasteiger partial charge in [0, 0.05) is 30.1 Å². The molecule has 0 fully saturated rings. The first-order valence-corrected chi connectivity index (χ1v) is 9.14. The zero-order valence-corrected chi connectivity index (χ0v) is 15.6. The number of phenolic OH excluding ortho intramolecular Hbond substituents is 1. The van der Waals surface area contributed by atoms with Gasteiger partial charge in [-0.05, 0) is 42.3 Å². The molecule has 2 aromatic heterocycles. The number of hydrogen-bond acceptors (Lipinski definition) is 5. The minimum atomic E-state index is -0.422. The molecule has 0 saturated heterocycles. The van der Waals surface area contributed by atoms with Crippen LogP contribution in [0.5, 0.6) is 5.75 Å². The Kier molecular flexibility index (Phi) is 5.00. The van der Waals surface area contributed by atoms with Gasteiger partial charge >= 0.3 is 5.63 Å². The van der Waals surface area contributed by atoms with Crippen LogP contribution < -0.4 is 5.63 Å². The number of aromatic hydroxyl groups is 1. The Labute approximate surface area is 162 Å². The van der Waals surface area contributed by atoms with Gasteiger partial charge in [-0.15, -0.1) is 0 Å². The van der Waals surface area contributed by atoms with Crippen LogP contribution in [0.25, 0.3) is 11.0 Å². The highest BCUT2D eigenvalue weighted by atomic mass is 16.4. The molecule has 1 N–H and O–H groups in total. The summed E-state index contributed by atoms with van der Waals surface area (Å²) in [5.74, 6) is 0.974. The molecule has 0 atom stereocenters. The summed E-state index contributed by atoms with van der Waals surface area (Å²) in [7, 11) is 0. The molecule has 0 saturated carbocycles. The smallest absolute Gasteiger partial charge is 0.336 e. The summed E-state index contributed by atoms with van der Waals surface area (Å²) in [5.41, 5.74) is 2.61. The first-order chi connectivity index (χ1) is 13.6. The maximum atomic E-state index is 12.1. The standard InChI is InChI=1S/C23H21NO4/c1-16-21(25)10-9-20-18(12-22(26)28-23(16)20)14-24(15-19-8-5-11-27-19)13-17-6-3-2-4-7-17/h2-12,25H,13-15H2,1H3. The van der Waals surface area contributed by atoms with Gasteiger partial charge in [0.25, 0.3) is 0 Å². The van der Waals surface area contributed by atoms with Gasteiger partial charge in [-0.25, -0.2) is 4.79 Å². The van der Waals surface area contributed by atoms with Crippen LogP contribution in [-0.2, 0) is 19.6 Å². The van der Waals surface area contributed by atoms with Crippen LogP contribution >= 0.6 is 0 Å². The Morgan fingerprint density at radius 1 is 0.964 bits per heavy atom. The third kappa shape index (κ3) is 3.85. The number of nitrogens with zero attached hydrogens (tertiary/aromatic N) is 1. The number of hydrogen-bond donors (Lipinski definition) is 1. The number of phenols is 1. The molecule has 2 heterocycles. The van der Waals surface area contributed by atoms with E-state index in [1.807, 2.05) is 30.3 Å². The quantitative estimate of drug-likeness (QED) is 0.499. The number of benzene rings is 2. The van der Waals surface area contributed by atoms with E-state index in [0.717, 1.165) is 16.7 Å². The molecule has 142 valence electrons. The average Bonchev–Trinajstić information content (AvgIpc) is 3.19. The first kappa shape index (κ1) is 18.1. The normalized spacial score (nSPS) is 11.4. The molecule has 5 nitrogen and oxygen atoms in total. The molecular formula is C23H21NO4. The lowest BCUT2D eigenvalue weighted by Gasteiger charge is -2.22. The average molecular weight is 375 g/mol. The molecule has 0 spiro atoms. The SMILES string of the molecule is Cc1c(O)ccc2c(CN(Cc3ccccc3)Cc3ccco3)cc(=O)oc12. The molecule has 4 rings (SSSR count). The summed E-state index contributed by atoms with van der Waals surface area (Å²) in [6.45, 7) is 3.61. The highest BCUT2D eigenvalue weighted by Gasteiger charge is 2.15. The second kappa shape index (κ2) is 7.74. The molecule has 4 aromatic rings. The predicted molar refractivity (Wildman–Crippen MR) is 107 cm³/mol. The van der Waals surface area contributed by atoms with Gasteiger partial charge in [-0.3, -0.25) is 4.90 Å². The monoisotopic (exact) mass is 375 g/mol. The minimum absolute atomic E-state index is 0.115. The lowest BCUT2D eigenvalue weighted by Crippen LogP contribution is -2.23. The van der Waals surface area contributed by atoms with Gasteiger partial charge in [-0.1, -0.05) is 30.3 Å². The fraction of sp³-hybridized carbons (Fsp3) is 0.174. The lowest BCUT2D eigenvalue weighted by molar-refractivity contribution is 0.227. The van der Waals surface area contributed by atoms with Crippen LogP contribution in [0.1, 0.15) is 22.5 Å². The van der Waals surface area contributed by atoms with Crippen molar-refractivity contribution < 1.29 is 13.9 Å². The van der Waals surface area contributed by atoms with Crippen LogP contribution in [0.3, 0.4) is 0 Å². The maximum absolute atomic E-state index is 12.1. The van der Waals surface area contributed by atoms with E-state index in [4.69, 9.17) is 8.83 Å². The number of aryl methyl sites for hydroxylation is 1. The zero-order chi connectivity index (χ0) is 19.5. The van der Waals surface area contributed by atoms with Gasteiger partial charge in [0.2, 0.25) is 0 Å². The topological polar surface area (TPSA) is 66.8 Å². The fourth-order valence-electron chi connectivity index (χ4n) is 3.42. The molecule has 0 aliphatic rings. The van der Waals surface area contributed by atoms with Crippen molar-refractivity contribution in [2.75, 3.05) is 0 Å². The Morgan fingerprint density at radius 3 is 2.54 bits per heavy atom. The molecule has 2 aromatic carbocycles. The van der Waals surface area contributed by atoms with E-state index in [2.05, 4.69) is 17.0 Å². The molecule has 0 aliphatic carbocycles. The molecule has 0 bridgehead atoms. The Hall–Kier alpha value is -3.31. The summed E-state index contributed by atoms with van der Waals surface area (Å²) in [5, 5.41) is 10.8. The van der Waals surface area contributed by atoms with Crippen molar-refractivity contribution in [3.63, 3.8) is 0 Å². The molecule has 0 aliphatic heterocycles. The van der Waals surface area contributed by atoms with E-state index >= 15 is 0 Å². The Morgan fingerprint density at radius 2 is 1.79 bits per heavy atom. The Balaban J connectivity index is 1.71. The van der Waals surface area contributed by atoms with Gasteiger partial charge in [0.05, 0.1) is 12.8 Å². The fourth-order valence-corrected chi connectivity index (χ4v) is 3.42. The number of furan rings is 1. The summed E-state index contributed by atoms with van der Waals surface area (Å²) in [4.78, 5) is 14.4. The number of rotatable bonds is 6. The third-order valence-corrected chi connectivity index (χ3v) is 4.82. The van der Waals surface area contributed by atoms with Crippen molar-refractivity contribution in [1.29, 1.82) is 0 Å². The summed E-state index contributed by atoms with van der Waals surface area (Å²) < 4.78 is 10.9. The van der Waals surface area contributed by atoms with E-state index in [9.17, 15) is 9.90 Å². The van der Waals surface area contributed by atoms with Crippen molar-refractivity contribution in [3.8, 4) is 5.75 Å². The van der Waals surface area contributed by atoms with E-state index < -0.39 is 5.63 Å². The van der Waals surface area contributed by atoms with E-state index in [1.54, 1.807) is 25.3 Å². The maximum Gasteiger partial charge on any atom is 0.336 e. The highest BCUT2D eigenvalue weighted by Crippen LogP contribution is 2.28. The van der Waals surface area contributed by atoms with E-state index in [0.29, 0.717) is 30.8 Å². The van der Waals surface area contributed by atoms with Gasteiger partial charge in [0.1, 0.15) is 17.1 Å². The van der Waals surface area contributed by atoms with Crippen molar-refractivity contribution in [3.05, 3.63) is 99.8 Å². The van der Waals surface area contributed by atoms with Crippen molar-refractivity contribution >= 4 is 11.0 Å². The van der Waals surface area contributed by atoms with Gasteiger partial charge in [-0.2, -0.15) is 0 Å². The molecule has 5 heteroatoms. The molecular weight excluding hydrogens is 354 g/mol. The summed E-state index contributed by atoms with van der Waals surface area (Å²) in [6, 6.07) is 18.9. The third-order valence-electron chi connectivity index (χ3n) is 4.82. The van der Waals surface area contributed by atoms with Gasteiger partial charge in [0.15, 0.2) is 0 Å². The van der Waals surface area contributed by atoms with Gasteiger partial charge < -0.3 is 13.9 Å².